The summed E-state index contributed by atoms with van der Waals surface area (Å²) < 4.78 is 0. The molecule has 6 heteroatoms. The number of rotatable bonds is 4. The van der Waals surface area contributed by atoms with Crippen LogP contribution in [0.1, 0.15) is 31.2 Å². The first-order chi connectivity index (χ1) is 12.5. The summed E-state index contributed by atoms with van der Waals surface area (Å²) in [6.45, 7) is 0.390. The highest BCUT2D eigenvalue weighted by Gasteiger charge is 2.28. The van der Waals surface area contributed by atoms with Crippen LogP contribution < -0.4 is 5.32 Å². The highest BCUT2D eigenvalue weighted by molar-refractivity contribution is 6.30. The summed E-state index contributed by atoms with van der Waals surface area (Å²) in [6, 6.07) is 13.8. The summed E-state index contributed by atoms with van der Waals surface area (Å²) in [7, 11) is 0. The summed E-state index contributed by atoms with van der Waals surface area (Å²) in [4.78, 5) is 14.7. The van der Waals surface area contributed by atoms with Gasteiger partial charge in [-0.3, -0.25) is 0 Å². The molecular weight excluding hydrogens is 352 g/mol. The summed E-state index contributed by atoms with van der Waals surface area (Å²) >= 11 is 6.00. The second-order valence-electron chi connectivity index (χ2n) is 6.70. The lowest BCUT2D eigenvalue weighted by molar-refractivity contribution is 0.0849. The Morgan fingerprint density at radius 1 is 1.12 bits per heavy atom. The van der Waals surface area contributed by atoms with Crippen LogP contribution in [-0.2, 0) is 6.54 Å². The van der Waals surface area contributed by atoms with Crippen molar-refractivity contribution in [3.8, 4) is 5.75 Å². The van der Waals surface area contributed by atoms with Crippen LogP contribution in [0, 0.1) is 0 Å². The minimum atomic E-state index is -0.287. The summed E-state index contributed by atoms with van der Waals surface area (Å²) in [5.41, 5.74) is 1.50. The third-order valence-corrected chi connectivity index (χ3v) is 4.94. The van der Waals surface area contributed by atoms with Crippen molar-refractivity contribution in [2.45, 2.75) is 44.4 Å². The Bertz CT molecular complexity index is 760. The number of carbonyl (C=O) groups excluding carboxylic acids is 1. The highest BCUT2D eigenvalue weighted by atomic mass is 35.5. The van der Waals surface area contributed by atoms with Crippen molar-refractivity contribution in [3.63, 3.8) is 0 Å². The normalized spacial score (nSPS) is 19.8. The largest absolute Gasteiger partial charge is 0.508 e. The van der Waals surface area contributed by atoms with Gasteiger partial charge in [0.15, 0.2) is 0 Å². The van der Waals surface area contributed by atoms with Gasteiger partial charge >= 0.3 is 6.03 Å². The van der Waals surface area contributed by atoms with Crippen molar-refractivity contribution in [1.82, 2.24) is 4.90 Å². The Labute approximate surface area is 158 Å². The standard InChI is InChI=1S/C20H23ClN2O3/c21-15-4-2-5-16(12-15)22-20(26)23(17-7-9-18(24)10-8-17)13-14-3-1-6-19(25)11-14/h1-6,11-12,17-18,24-25H,7-10,13H2,(H,22,26). The van der Waals surface area contributed by atoms with E-state index in [1.165, 1.54) is 0 Å². The van der Waals surface area contributed by atoms with Gasteiger partial charge in [-0.1, -0.05) is 29.8 Å². The molecule has 2 amide bonds. The molecule has 1 fully saturated rings. The number of hydrogen-bond acceptors (Lipinski definition) is 3. The predicted molar refractivity (Wildman–Crippen MR) is 102 cm³/mol. The lowest BCUT2D eigenvalue weighted by atomic mass is 9.92. The van der Waals surface area contributed by atoms with Crippen molar-refractivity contribution >= 4 is 23.3 Å². The number of phenolic OH excluding ortho intramolecular Hbond substituents is 1. The molecule has 0 aliphatic heterocycles. The van der Waals surface area contributed by atoms with Gasteiger partial charge in [-0.05, 0) is 61.6 Å². The van der Waals surface area contributed by atoms with Crippen LogP contribution in [0.15, 0.2) is 48.5 Å². The van der Waals surface area contributed by atoms with E-state index in [4.69, 9.17) is 11.6 Å². The fraction of sp³-hybridized carbons (Fsp3) is 0.350. The molecular formula is C20H23ClN2O3. The maximum atomic E-state index is 12.9. The number of benzene rings is 2. The van der Waals surface area contributed by atoms with Crippen molar-refractivity contribution in [3.05, 3.63) is 59.1 Å². The molecule has 0 atom stereocenters. The lowest BCUT2D eigenvalue weighted by Gasteiger charge is -2.36. The van der Waals surface area contributed by atoms with Crippen LogP contribution in [0.2, 0.25) is 5.02 Å². The van der Waals surface area contributed by atoms with E-state index < -0.39 is 0 Å². The van der Waals surface area contributed by atoms with Crippen molar-refractivity contribution in [2.75, 3.05) is 5.32 Å². The predicted octanol–water partition coefficient (Wildman–Crippen LogP) is 4.38. The Balaban J connectivity index is 1.78. The molecule has 0 bridgehead atoms. The van der Waals surface area contributed by atoms with Crippen LogP contribution in [0.5, 0.6) is 5.75 Å². The molecule has 1 aliphatic rings. The van der Waals surface area contributed by atoms with Gasteiger partial charge in [0.25, 0.3) is 0 Å². The Morgan fingerprint density at radius 3 is 2.54 bits per heavy atom. The van der Waals surface area contributed by atoms with Gasteiger partial charge in [0.05, 0.1) is 6.10 Å². The molecule has 3 rings (SSSR count). The van der Waals surface area contributed by atoms with Gasteiger partial charge in [0.1, 0.15) is 5.75 Å². The van der Waals surface area contributed by atoms with E-state index in [2.05, 4.69) is 5.32 Å². The van der Waals surface area contributed by atoms with Crippen LogP contribution >= 0.6 is 11.6 Å². The number of aliphatic hydroxyl groups is 1. The van der Waals surface area contributed by atoms with Gasteiger partial charge in [0.2, 0.25) is 0 Å². The lowest BCUT2D eigenvalue weighted by Crippen LogP contribution is -2.44. The molecule has 26 heavy (non-hydrogen) atoms. The molecule has 1 saturated carbocycles. The van der Waals surface area contributed by atoms with E-state index >= 15 is 0 Å². The first-order valence-electron chi connectivity index (χ1n) is 8.80. The van der Waals surface area contributed by atoms with Gasteiger partial charge in [0, 0.05) is 23.3 Å². The number of anilines is 1. The fourth-order valence-electron chi connectivity index (χ4n) is 3.35. The zero-order valence-corrected chi connectivity index (χ0v) is 15.2. The average Bonchev–Trinajstić information content (AvgIpc) is 2.60. The quantitative estimate of drug-likeness (QED) is 0.743. The highest BCUT2D eigenvalue weighted by Crippen LogP contribution is 2.26. The number of halogens is 1. The van der Waals surface area contributed by atoms with E-state index in [-0.39, 0.29) is 23.9 Å². The molecule has 2 aromatic rings. The summed E-state index contributed by atoms with van der Waals surface area (Å²) in [5.74, 6) is 0.178. The van der Waals surface area contributed by atoms with E-state index in [9.17, 15) is 15.0 Å². The van der Waals surface area contributed by atoms with Crippen molar-refractivity contribution < 1.29 is 15.0 Å². The molecule has 5 nitrogen and oxygen atoms in total. The second-order valence-corrected chi connectivity index (χ2v) is 7.14. The molecule has 0 unspecified atom stereocenters. The zero-order chi connectivity index (χ0) is 18.5. The van der Waals surface area contributed by atoms with E-state index in [1.807, 2.05) is 6.07 Å². The van der Waals surface area contributed by atoms with Crippen LogP contribution in [0.25, 0.3) is 0 Å². The summed E-state index contributed by atoms with van der Waals surface area (Å²) in [6.07, 6.45) is 2.59. The van der Waals surface area contributed by atoms with E-state index in [0.717, 1.165) is 18.4 Å². The number of aromatic hydroxyl groups is 1. The van der Waals surface area contributed by atoms with E-state index in [0.29, 0.717) is 30.1 Å². The van der Waals surface area contributed by atoms with Crippen LogP contribution in [0.3, 0.4) is 0 Å². The third-order valence-electron chi connectivity index (χ3n) is 4.71. The minimum Gasteiger partial charge on any atom is -0.508 e. The first-order valence-corrected chi connectivity index (χ1v) is 9.18. The molecule has 0 heterocycles. The number of amides is 2. The fourth-order valence-corrected chi connectivity index (χ4v) is 3.54. The first kappa shape index (κ1) is 18.5. The van der Waals surface area contributed by atoms with Crippen molar-refractivity contribution in [1.29, 1.82) is 0 Å². The maximum Gasteiger partial charge on any atom is 0.322 e. The number of nitrogens with zero attached hydrogens (tertiary/aromatic N) is 1. The maximum absolute atomic E-state index is 12.9. The Kier molecular flexibility index (Phi) is 6.01. The smallest absolute Gasteiger partial charge is 0.322 e. The monoisotopic (exact) mass is 374 g/mol. The van der Waals surface area contributed by atoms with Gasteiger partial charge in [-0.25, -0.2) is 4.79 Å². The Hall–Kier alpha value is -2.24. The number of phenols is 1. The molecule has 0 aromatic heterocycles. The molecule has 3 N–H and O–H groups in total. The number of carbonyl (C=O) groups is 1. The number of aliphatic hydroxyl groups excluding tert-OH is 1. The molecule has 2 aromatic carbocycles. The zero-order valence-electron chi connectivity index (χ0n) is 14.4. The third kappa shape index (κ3) is 4.90. The number of nitrogens with one attached hydrogen (secondary N) is 1. The average molecular weight is 375 g/mol. The molecule has 0 radical (unpaired) electrons. The summed E-state index contributed by atoms with van der Waals surface area (Å²) in [5, 5.41) is 22.9. The number of hydrogen-bond donors (Lipinski definition) is 3. The molecule has 1 aliphatic carbocycles. The van der Waals surface area contributed by atoms with Crippen LogP contribution in [-0.4, -0.2) is 33.3 Å². The van der Waals surface area contributed by atoms with Crippen LogP contribution in [0.4, 0.5) is 10.5 Å². The van der Waals surface area contributed by atoms with Gasteiger partial charge in [-0.2, -0.15) is 0 Å². The minimum absolute atomic E-state index is 0.0416. The Morgan fingerprint density at radius 2 is 1.85 bits per heavy atom. The van der Waals surface area contributed by atoms with Crippen molar-refractivity contribution in [2.24, 2.45) is 0 Å². The number of urea groups is 1. The van der Waals surface area contributed by atoms with E-state index in [1.54, 1.807) is 47.4 Å². The topological polar surface area (TPSA) is 72.8 Å². The molecule has 0 saturated heterocycles. The SMILES string of the molecule is O=C(Nc1cccc(Cl)c1)N(Cc1cccc(O)c1)C1CCC(O)CC1. The van der Waals surface area contributed by atoms with Gasteiger partial charge < -0.3 is 20.4 Å². The second kappa shape index (κ2) is 8.43. The van der Waals surface area contributed by atoms with Gasteiger partial charge in [-0.15, -0.1) is 0 Å². The molecule has 0 spiro atoms. The molecule has 138 valence electrons.